The van der Waals surface area contributed by atoms with Gasteiger partial charge in [0.25, 0.3) is 5.91 Å². The van der Waals surface area contributed by atoms with E-state index in [-0.39, 0.29) is 18.1 Å². The molecule has 2 N–H and O–H groups in total. The summed E-state index contributed by atoms with van der Waals surface area (Å²) in [6.45, 7) is 1.79. The van der Waals surface area contributed by atoms with Crippen molar-refractivity contribution in [3.8, 4) is 5.69 Å². The highest BCUT2D eigenvalue weighted by Gasteiger charge is 2.11. The summed E-state index contributed by atoms with van der Waals surface area (Å²) in [5, 5.41) is 19.7. The molecule has 6 nitrogen and oxygen atoms in total. The first-order valence-corrected chi connectivity index (χ1v) is 5.61. The lowest BCUT2D eigenvalue weighted by molar-refractivity contribution is 0.0918. The van der Waals surface area contributed by atoms with Crippen LogP contribution in [0.4, 0.5) is 0 Å². The molecule has 0 spiro atoms. The smallest absolute Gasteiger partial charge is 0.273 e. The van der Waals surface area contributed by atoms with Crippen molar-refractivity contribution < 1.29 is 9.90 Å². The van der Waals surface area contributed by atoms with Crippen molar-refractivity contribution in [3.63, 3.8) is 0 Å². The van der Waals surface area contributed by atoms with E-state index in [2.05, 4.69) is 15.5 Å². The number of rotatable bonds is 4. The minimum atomic E-state index is -0.585. The topological polar surface area (TPSA) is 80.0 Å². The first-order chi connectivity index (χ1) is 8.66. The predicted molar refractivity (Wildman–Crippen MR) is 65.4 cm³/mol. The second-order valence-electron chi connectivity index (χ2n) is 3.91. The van der Waals surface area contributed by atoms with Gasteiger partial charge in [-0.1, -0.05) is 18.2 Å². The maximum absolute atomic E-state index is 11.7. The summed E-state index contributed by atoms with van der Waals surface area (Å²) in [7, 11) is 0. The number of hydrogen-bond donors (Lipinski definition) is 2. The third kappa shape index (κ3) is 2.92. The van der Waals surface area contributed by atoms with Gasteiger partial charge in [0.05, 0.1) is 18.0 Å². The molecule has 1 aromatic heterocycles. The van der Waals surface area contributed by atoms with Crippen molar-refractivity contribution in [1.82, 2.24) is 20.3 Å². The van der Waals surface area contributed by atoms with Gasteiger partial charge in [0.2, 0.25) is 0 Å². The highest BCUT2D eigenvalue weighted by Crippen LogP contribution is 2.04. The minimum absolute atomic E-state index is 0.191. The number of carbonyl (C=O) groups is 1. The molecule has 0 saturated carbocycles. The van der Waals surface area contributed by atoms with Gasteiger partial charge in [0.1, 0.15) is 0 Å². The van der Waals surface area contributed by atoms with E-state index in [1.807, 2.05) is 30.3 Å². The summed E-state index contributed by atoms with van der Waals surface area (Å²) in [6, 6.07) is 9.32. The highest BCUT2D eigenvalue weighted by molar-refractivity contribution is 5.91. The number of benzene rings is 1. The predicted octanol–water partition coefficient (Wildman–Crippen LogP) is 0.378. The molecule has 18 heavy (non-hydrogen) atoms. The monoisotopic (exact) mass is 246 g/mol. The molecule has 0 aliphatic heterocycles. The van der Waals surface area contributed by atoms with Crippen LogP contribution in [0.1, 0.15) is 17.4 Å². The SMILES string of the molecule is C[C@@H](O)CNC(=O)c1cnn(-c2ccccc2)n1. The molecule has 0 fully saturated rings. The van der Waals surface area contributed by atoms with E-state index in [0.717, 1.165) is 5.69 Å². The number of aliphatic hydroxyl groups is 1. The van der Waals surface area contributed by atoms with Gasteiger partial charge in [-0.25, -0.2) is 0 Å². The van der Waals surface area contributed by atoms with Crippen LogP contribution in [-0.2, 0) is 0 Å². The molecule has 0 aliphatic carbocycles. The van der Waals surface area contributed by atoms with Gasteiger partial charge >= 0.3 is 0 Å². The van der Waals surface area contributed by atoms with Crippen molar-refractivity contribution in [2.75, 3.05) is 6.54 Å². The van der Waals surface area contributed by atoms with Crippen LogP contribution in [0, 0.1) is 0 Å². The maximum atomic E-state index is 11.7. The zero-order chi connectivity index (χ0) is 13.0. The Kier molecular flexibility index (Phi) is 3.69. The number of para-hydroxylation sites is 1. The third-order valence-corrected chi connectivity index (χ3v) is 2.27. The van der Waals surface area contributed by atoms with E-state index < -0.39 is 6.10 Å². The fourth-order valence-electron chi connectivity index (χ4n) is 1.38. The lowest BCUT2D eigenvalue weighted by atomic mass is 10.3. The molecule has 2 aromatic rings. The number of aromatic nitrogens is 3. The Morgan fingerprint density at radius 3 is 2.83 bits per heavy atom. The first-order valence-electron chi connectivity index (χ1n) is 5.61. The Hall–Kier alpha value is -2.21. The zero-order valence-electron chi connectivity index (χ0n) is 9.95. The molecule has 1 heterocycles. The van der Waals surface area contributed by atoms with Crippen LogP contribution in [0.25, 0.3) is 5.69 Å². The molecule has 0 aliphatic rings. The Labute approximate surface area is 104 Å². The average molecular weight is 246 g/mol. The van der Waals surface area contributed by atoms with Gasteiger partial charge in [0, 0.05) is 6.54 Å². The van der Waals surface area contributed by atoms with Gasteiger partial charge in [-0.3, -0.25) is 4.79 Å². The van der Waals surface area contributed by atoms with Crippen molar-refractivity contribution in [3.05, 3.63) is 42.2 Å². The second kappa shape index (κ2) is 5.42. The molecule has 0 bridgehead atoms. The summed E-state index contributed by atoms with van der Waals surface area (Å²) < 4.78 is 0. The lowest BCUT2D eigenvalue weighted by Crippen LogP contribution is -2.30. The maximum Gasteiger partial charge on any atom is 0.273 e. The van der Waals surface area contributed by atoms with E-state index >= 15 is 0 Å². The Morgan fingerprint density at radius 1 is 1.44 bits per heavy atom. The number of nitrogens with zero attached hydrogens (tertiary/aromatic N) is 3. The average Bonchev–Trinajstić information content (AvgIpc) is 2.86. The van der Waals surface area contributed by atoms with E-state index in [4.69, 9.17) is 5.11 Å². The molecule has 6 heteroatoms. The van der Waals surface area contributed by atoms with Crippen LogP contribution in [0.5, 0.6) is 0 Å². The number of carbonyl (C=O) groups excluding carboxylic acids is 1. The Balaban J connectivity index is 2.09. The second-order valence-corrected chi connectivity index (χ2v) is 3.91. The zero-order valence-corrected chi connectivity index (χ0v) is 9.95. The summed E-state index contributed by atoms with van der Waals surface area (Å²) >= 11 is 0. The fourth-order valence-corrected chi connectivity index (χ4v) is 1.38. The van der Waals surface area contributed by atoms with E-state index in [9.17, 15) is 4.79 Å². The van der Waals surface area contributed by atoms with Gasteiger partial charge in [-0.05, 0) is 19.1 Å². The molecule has 1 atom stereocenters. The van der Waals surface area contributed by atoms with Crippen molar-refractivity contribution in [1.29, 1.82) is 0 Å². The summed E-state index contributed by atoms with van der Waals surface area (Å²) in [4.78, 5) is 13.0. The summed E-state index contributed by atoms with van der Waals surface area (Å²) in [5.41, 5.74) is 1.01. The molecule has 2 rings (SSSR count). The van der Waals surface area contributed by atoms with Gasteiger partial charge in [-0.15, -0.1) is 5.10 Å². The van der Waals surface area contributed by atoms with E-state index in [1.165, 1.54) is 11.0 Å². The van der Waals surface area contributed by atoms with Crippen molar-refractivity contribution in [2.45, 2.75) is 13.0 Å². The van der Waals surface area contributed by atoms with Gasteiger partial charge in [-0.2, -0.15) is 9.90 Å². The quantitative estimate of drug-likeness (QED) is 0.817. The number of nitrogens with one attached hydrogen (secondary N) is 1. The molecular formula is C12H14N4O2. The molecule has 0 radical (unpaired) electrons. The number of aliphatic hydroxyl groups excluding tert-OH is 1. The van der Waals surface area contributed by atoms with Crippen LogP contribution in [0.15, 0.2) is 36.5 Å². The standard InChI is InChI=1S/C12H14N4O2/c1-9(17)7-13-12(18)11-8-14-16(15-11)10-5-3-2-4-6-10/h2-6,8-9,17H,7H2,1H3,(H,13,18)/t9-/m1/s1. The number of hydrogen-bond acceptors (Lipinski definition) is 4. The molecule has 94 valence electrons. The van der Waals surface area contributed by atoms with Crippen LogP contribution in [0.2, 0.25) is 0 Å². The van der Waals surface area contributed by atoms with E-state index in [1.54, 1.807) is 6.92 Å². The highest BCUT2D eigenvalue weighted by atomic mass is 16.3. The van der Waals surface area contributed by atoms with E-state index in [0.29, 0.717) is 0 Å². The Bertz CT molecular complexity index is 522. The van der Waals surface area contributed by atoms with Gasteiger partial charge < -0.3 is 10.4 Å². The van der Waals surface area contributed by atoms with Gasteiger partial charge in [0.15, 0.2) is 5.69 Å². The summed E-state index contributed by atoms with van der Waals surface area (Å²) in [5.74, 6) is -0.349. The molecule has 1 aromatic carbocycles. The first kappa shape index (κ1) is 12.3. The molecule has 0 unspecified atom stereocenters. The van der Waals surface area contributed by atoms with Crippen LogP contribution < -0.4 is 5.32 Å². The van der Waals surface area contributed by atoms with Crippen LogP contribution >= 0.6 is 0 Å². The van der Waals surface area contributed by atoms with Crippen LogP contribution in [-0.4, -0.2) is 38.7 Å². The molecular weight excluding hydrogens is 232 g/mol. The third-order valence-electron chi connectivity index (χ3n) is 2.27. The lowest BCUT2D eigenvalue weighted by Gasteiger charge is -2.04. The molecule has 0 saturated heterocycles. The largest absolute Gasteiger partial charge is 0.392 e. The van der Waals surface area contributed by atoms with Crippen molar-refractivity contribution in [2.24, 2.45) is 0 Å². The molecule has 1 amide bonds. The van der Waals surface area contributed by atoms with Crippen molar-refractivity contribution >= 4 is 5.91 Å². The van der Waals surface area contributed by atoms with Crippen LogP contribution in [0.3, 0.4) is 0 Å². The fraction of sp³-hybridized carbons (Fsp3) is 0.250. The summed E-state index contributed by atoms with van der Waals surface area (Å²) in [6.07, 6.45) is 0.808. The Morgan fingerprint density at radius 2 is 2.17 bits per heavy atom. The normalized spacial score (nSPS) is 12.1. The minimum Gasteiger partial charge on any atom is -0.392 e. The number of amides is 1.